The molecule has 1 aromatic heterocycles. The summed E-state index contributed by atoms with van der Waals surface area (Å²) < 4.78 is 21.7. The summed E-state index contributed by atoms with van der Waals surface area (Å²) in [5.74, 6) is 0.117. The van der Waals surface area contributed by atoms with E-state index in [1.54, 1.807) is 5.51 Å². The molecule has 0 bridgehead atoms. The van der Waals surface area contributed by atoms with E-state index in [-0.39, 0.29) is 11.8 Å². The molecule has 1 aromatic rings. The predicted molar refractivity (Wildman–Crippen MR) is 53.4 cm³/mol. The van der Waals surface area contributed by atoms with Crippen LogP contribution in [0.1, 0.15) is 18.2 Å². The van der Waals surface area contributed by atoms with Gasteiger partial charge in [-0.05, 0) is 6.42 Å². The molecule has 13 heavy (non-hydrogen) atoms. The number of nitrogens with zero attached hydrogens (tertiary/aromatic N) is 1. The summed E-state index contributed by atoms with van der Waals surface area (Å²) in [5.41, 5.74) is 8.19. The highest BCUT2D eigenvalue weighted by Crippen LogP contribution is 2.14. The average Bonchev–Trinajstić information content (AvgIpc) is 2.50. The maximum Gasteiger partial charge on any atom is 0.147 e. The van der Waals surface area contributed by atoms with Crippen molar-refractivity contribution in [2.75, 3.05) is 12.0 Å². The molecule has 0 fully saturated rings. The largest absolute Gasteiger partial charge is 0.323 e. The van der Waals surface area contributed by atoms with Gasteiger partial charge in [-0.2, -0.15) is 0 Å². The molecule has 6 heteroatoms. The Morgan fingerprint density at radius 2 is 2.38 bits per heavy atom. The molecule has 0 radical (unpaired) electrons. The van der Waals surface area contributed by atoms with E-state index in [1.165, 1.54) is 17.6 Å². The Morgan fingerprint density at radius 3 is 2.85 bits per heavy atom. The zero-order chi connectivity index (χ0) is 9.90. The van der Waals surface area contributed by atoms with Gasteiger partial charge in [-0.3, -0.25) is 0 Å². The van der Waals surface area contributed by atoms with Crippen molar-refractivity contribution in [3.05, 3.63) is 16.6 Å². The summed E-state index contributed by atoms with van der Waals surface area (Å²) in [7, 11) is -2.91. The second-order valence-corrected chi connectivity index (χ2v) is 5.92. The Labute approximate surface area is 81.7 Å². The van der Waals surface area contributed by atoms with Gasteiger partial charge in [-0.1, -0.05) is 0 Å². The topological polar surface area (TPSA) is 73.0 Å². The molecule has 0 spiro atoms. The predicted octanol–water partition coefficient (Wildman–Crippen LogP) is 0.578. The Balaban J connectivity index is 2.48. The van der Waals surface area contributed by atoms with Crippen LogP contribution in [-0.4, -0.2) is 25.4 Å². The molecule has 0 aliphatic rings. The second-order valence-electron chi connectivity index (χ2n) is 2.94. The summed E-state index contributed by atoms with van der Waals surface area (Å²) >= 11 is 1.46. The zero-order valence-corrected chi connectivity index (χ0v) is 8.94. The summed E-state index contributed by atoms with van der Waals surface area (Å²) in [6, 6.07) is -0.263. The third-order valence-corrected chi connectivity index (χ3v) is 3.21. The Bertz CT molecular complexity index is 345. The van der Waals surface area contributed by atoms with Gasteiger partial charge in [0.2, 0.25) is 0 Å². The molecular formula is C7H12N2O2S2. The van der Waals surface area contributed by atoms with Crippen LogP contribution in [0.5, 0.6) is 0 Å². The van der Waals surface area contributed by atoms with Crippen LogP contribution < -0.4 is 5.73 Å². The van der Waals surface area contributed by atoms with E-state index in [1.807, 2.05) is 5.38 Å². The van der Waals surface area contributed by atoms with Gasteiger partial charge in [0.15, 0.2) is 0 Å². The van der Waals surface area contributed by atoms with Crippen LogP contribution in [0.4, 0.5) is 0 Å². The quantitative estimate of drug-likeness (QED) is 0.805. The third kappa shape index (κ3) is 3.84. The van der Waals surface area contributed by atoms with Gasteiger partial charge in [0.1, 0.15) is 9.84 Å². The first kappa shape index (κ1) is 10.6. The fourth-order valence-electron chi connectivity index (χ4n) is 0.894. The number of rotatable bonds is 4. The highest BCUT2D eigenvalue weighted by Gasteiger charge is 2.11. The van der Waals surface area contributed by atoms with Gasteiger partial charge in [0.25, 0.3) is 0 Å². The van der Waals surface area contributed by atoms with Crippen LogP contribution in [0.15, 0.2) is 10.9 Å². The van der Waals surface area contributed by atoms with Crippen LogP contribution in [-0.2, 0) is 9.84 Å². The van der Waals surface area contributed by atoms with Crippen molar-refractivity contribution in [3.63, 3.8) is 0 Å². The van der Waals surface area contributed by atoms with E-state index < -0.39 is 9.84 Å². The smallest absolute Gasteiger partial charge is 0.147 e. The fourth-order valence-corrected chi connectivity index (χ4v) is 2.19. The van der Waals surface area contributed by atoms with Crippen molar-refractivity contribution in [2.45, 2.75) is 12.5 Å². The third-order valence-electron chi connectivity index (χ3n) is 1.63. The van der Waals surface area contributed by atoms with Crippen molar-refractivity contribution in [1.82, 2.24) is 4.98 Å². The molecule has 2 N–H and O–H groups in total. The molecule has 1 heterocycles. The minimum Gasteiger partial charge on any atom is -0.323 e. The Hall–Kier alpha value is -0.460. The van der Waals surface area contributed by atoms with Gasteiger partial charge < -0.3 is 5.73 Å². The van der Waals surface area contributed by atoms with E-state index in [9.17, 15) is 8.42 Å². The monoisotopic (exact) mass is 220 g/mol. The van der Waals surface area contributed by atoms with Crippen molar-refractivity contribution < 1.29 is 8.42 Å². The molecule has 1 atom stereocenters. The highest BCUT2D eigenvalue weighted by molar-refractivity contribution is 7.90. The maximum atomic E-state index is 10.8. The minimum atomic E-state index is -2.91. The van der Waals surface area contributed by atoms with Crippen LogP contribution in [0.25, 0.3) is 0 Å². The lowest BCUT2D eigenvalue weighted by Gasteiger charge is -2.06. The summed E-state index contributed by atoms with van der Waals surface area (Å²) in [4.78, 5) is 4.02. The van der Waals surface area contributed by atoms with Crippen molar-refractivity contribution >= 4 is 21.2 Å². The molecule has 0 amide bonds. The normalized spacial score (nSPS) is 14.3. The molecule has 4 nitrogen and oxygen atoms in total. The summed E-state index contributed by atoms with van der Waals surface area (Å²) in [6.45, 7) is 0. The first-order valence-corrected chi connectivity index (χ1v) is 6.81. The molecule has 0 aliphatic carbocycles. The van der Waals surface area contributed by atoms with Crippen molar-refractivity contribution in [1.29, 1.82) is 0 Å². The number of hydrogen-bond acceptors (Lipinski definition) is 5. The Kier molecular flexibility index (Phi) is 3.40. The van der Waals surface area contributed by atoms with E-state index in [2.05, 4.69) is 4.98 Å². The van der Waals surface area contributed by atoms with Crippen LogP contribution in [0.3, 0.4) is 0 Å². The molecular weight excluding hydrogens is 208 g/mol. The first-order valence-electron chi connectivity index (χ1n) is 3.80. The lowest BCUT2D eigenvalue weighted by molar-refractivity contribution is 0.590. The zero-order valence-electron chi connectivity index (χ0n) is 7.30. The van der Waals surface area contributed by atoms with E-state index >= 15 is 0 Å². The first-order chi connectivity index (χ1) is 5.99. The maximum absolute atomic E-state index is 10.8. The van der Waals surface area contributed by atoms with Crippen LogP contribution >= 0.6 is 11.3 Å². The molecule has 1 rings (SSSR count). The highest BCUT2D eigenvalue weighted by atomic mass is 32.2. The standard InChI is InChI=1S/C7H12N2O2S2/c1-13(10,11)3-2-6(8)7-4-12-5-9-7/h4-6H,2-3,8H2,1H3. The summed E-state index contributed by atoms with van der Waals surface area (Å²) in [6.07, 6.45) is 1.64. The number of sulfone groups is 1. The van der Waals surface area contributed by atoms with Crippen molar-refractivity contribution in [2.24, 2.45) is 5.73 Å². The average molecular weight is 220 g/mol. The molecule has 0 saturated heterocycles. The fraction of sp³-hybridized carbons (Fsp3) is 0.571. The van der Waals surface area contributed by atoms with Crippen LogP contribution in [0, 0.1) is 0 Å². The Morgan fingerprint density at radius 1 is 1.69 bits per heavy atom. The van der Waals surface area contributed by atoms with Gasteiger partial charge in [0.05, 0.1) is 17.0 Å². The van der Waals surface area contributed by atoms with Gasteiger partial charge in [-0.25, -0.2) is 13.4 Å². The lowest BCUT2D eigenvalue weighted by Crippen LogP contribution is -2.15. The number of nitrogens with two attached hydrogens (primary N) is 1. The molecule has 0 aromatic carbocycles. The number of hydrogen-bond donors (Lipinski definition) is 1. The van der Waals surface area contributed by atoms with Crippen LogP contribution in [0.2, 0.25) is 0 Å². The van der Waals surface area contributed by atoms with E-state index in [0.717, 1.165) is 5.69 Å². The lowest BCUT2D eigenvalue weighted by atomic mass is 10.2. The van der Waals surface area contributed by atoms with Gasteiger partial charge >= 0.3 is 0 Å². The van der Waals surface area contributed by atoms with E-state index in [0.29, 0.717) is 6.42 Å². The number of thiazole rings is 1. The van der Waals surface area contributed by atoms with Gasteiger partial charge in [0, 0.05) is 17.7 Å². The minimum absolute atomic E-state index is 0.117. The SMILES string of the molecule is CS(=O)(=O)CCC(N)c1cscn1. The molecule has 1 unspecified atom stereocenters. The van der Waals surface area contributed by atoms with Gasteiger partial charge in [-0.15, -0.1) is 11.3 Å². The molecule has 74 valence electrons. The van der Waals surface area contributed by atoms with E-state index in [4.69, 9.17) is 5.73 Å². The molecule has 0 saturated carbocycles. The summed E-state index contributed by atoms with van der Waals surface area (Å²) in [5, 5.41) is 1.84. The second kappa shape index (κ2) is 4.17. The number of aromatic nitrogens is 1. The molecule has 0 aliphatic heterocycles. The van der Waals surface area contributed by atoms with Crippen molar-refractivity contribution in [3.8, 4) is 0 Å².